The molecule has 0 atom stereocenters. The van der Waals surface area contributed by atoms with Gasteiger partial charge in [-0.3, -0.25) is 4.79 Å². The third-order valence-electron chi connectivity index (χ3n) is 8.03. The maximum atomic E-state index is 13.2. The molecule has 0 radical (unpaired) electrons. The Labute approximate surface area is 233 Å². The predicted octanol–water partition coefficient (Wildman–Crippen LogP) is 4.31. The van der Waals surface area contributed by atoms with Gasteiger partial charge in [-0.2, -0.15) is 0 Å². The monoisotopic (exact) mass is 536 g/mol. The molecule has 3 aliphatic rings. The minimum absolute atomic E-state index is 0.0397. The number of carbonyl (C=O) groups excluding carboxylic acids is 1. The second-order valence-electron chi connectivity index (χ2n) is 10.8. The molecular formula is C30H32N8O2. The molecule has 0 bridgehead atoms. The van der Waals surface area contributed by atoms with Gasteiger partial charge in [-0.1, -0.05) is 18.2 Å². The quantitative estimate of drug-likeness (QED) is 0.359. The summed E-state index contributed by atoms with van der Waals surface area (Å²) in [4.78, 5) is 40.5. The standard InChI is InChI=1S/C30H32N8O2/c1-4-38-23-13-31-27(25-26(20-8-9-20)32-17-33-30(25)40-3)35-29(23)37(16-24(38)39)15-19-7-10-22-21(12-19)6-5-11-36-14-18(2)34-28(22)36/h7,10,12-14,17,20H,4-6,8-9,11,15-16H2,1-3H3. The van der Waals surface area contributed by atoms with Crippen molar-refractivity contribution in [1.82, 2.24) is 29.5 Å². The van der Waals surface area contributed by atoms with Crippen LogP contribution in [0, 0.1) is 6.92 Å². The minimum Gasteiger partial charge on any atom is -0.480 e. The van der Waals surface area contributed by atoms with Crippen LogP contribution < -0.4 is 14.5 Å². The molecule has 4 aromatic rings. The summed E-state index contributed by atoms with van der Waals surface area (Å²) in [5.74, 6) is 3.18. The Kier molecular flexibility index (Phi) is 5.98. The normalized spacial score (nSPS) is 16.3. The number of fused-ring (bicyclic) bond motifs is 4. The van der Waals surface area contributed by atoms with E-state index >= 15 is 0 Å². The molecule has 0 saturated heterocycles. The van der Waals surface area contributed by atoms with Crippen LogP contribution in [-0.2, 0) is 24.3 Å². The number of rotatable bonds is 6. The van der Waals surface area contributed by atoms with Gasteiger partial charge >= 0.3 is 0 Å². The molecule has 3 aromatic heterocycles. The Morgan fingerprint density at radius 3 is 2.80 bits per heavy atom. The van der Waals surface area contributed by atoms with Crippen molar-refractivity contribution in [2.24, 2.45) is 0 Å². The van der Waals surface area contributed by atoms with Gasteiger partial charge in [0.25, 0.3) is 0 Å². The van der Waals surface area contributed by atoms with E-state index in [1.807, 2.05) is 13.8 Å². The third-order valence-corrected chi connectivity index (χ3v) is 8.03. The third kappa shape index (κ3) is 4.18. The first-order valence-corrected chi connectivity index (χ1v) is 14.0. The molecule has 5 heterocycles. The van der Waals surface area contributed by atoms with Gasteiger partial charge in [0, 0.05) is 37.3 Å². The molecule has 1 fully saturated rings. The number of anilines is 2. The average molecular weight is 537 g/mol. The van der Waals surface area contributed by atoms with Crippen molar-refractivity contribution in [3.8, 4) is 28.7 Å². The number of hydrogen-bond donors (Lipinski definition) is 0. The first-order chi connectivity index (χ1) is 19.5. The molecule has 204 valence electrons. The van der Waals surface area contributed by atoms with Crippen LogP contribution in [0.2, 0.25) is 0 Å². The number of aryl methyl sites for hydroxylation is 3. The molecule has 0 N–H and O–H groups in total. The van der Waals surface area contributed by atoms with E-state index in [2.05, 4.69) is 43.8 Å². The van der Waals surface area contributed by atoms with Crippen molar-refractivity contribution in [3.05, 3.63) is 59.4 Å². The van der Waals surface area contributed by atoms with Gasteiger partial charge in [-0.15, -0.1) is 0 Å². The van der Waals surface area contributed by atoms with Crippen LogP contribution >= 0.6 is 0 Å². The highest BCUT2D eigenvalue weighted by atomic mass is 16.5. The smallest absolute Gasteiger partial charge is 0.246 e. The molecule has 0 unspecified atom stereocenters. The van der Waals surface area contributed by atoms with Crippen LogP contribution in [0.3, 0.4) is 0 Å². The summed E-state index contributed by atoms with van der Waals surface area (Å²) in [5.41, 5.74) is 7.05. The first kappa shape index (κ1) is 24.7. The van der Waals surface area contributed by atoms with Crippen molar-refractivity contribution in [1.29, 1.82) is 0 Å². The fourth-order valence-corrected chi connectivity index (χ4v) is 6.02. The summed E-state index contributed by atoms with van der Waals surface area (Å²) in [7, 11) is 1.61. The van der Waals surface area contributed by atoms with Gasteiger partial charge in [-0.25, -0.2) is 24.9 Å². The number of imidazole rings is 1. The van der Waals surface area contributed by atoms with Crippen LogP contribution in [0.1, 0.15) is 54.6 Å². The Morgan fingerprint density at radius 2 is 2.00 bits per heavy atom. The average Bonchev–Trinajstić information content (AvgIpc) is 3.77. The van der Waals surface area contributed by atoms with E-state index in [0.29, 0.717) is 30.7 Å². The van der Waals surface area contributed by atoms with E-state index in [1.54, 1.807) is 24.5 Å². The highest BCUT2D eigenvalue weighted by Crippen LogP contribution is 2.45. The van der Waals surface area contributed by atoms with E-state index in [4.69, 9.17) is 19.7 Å². The number of amides is 1. The SMILES string of the molecule is CCN1C(=O)CN(Cc2ccc3c(c2)CCCn2cc(C)nc2-3)c2nc(-c3c(OC)ncnc3C3CC3)ncc21. The largest absolute Gasteiger partial charge is 0.480 e. The lowest BCUT2D eigenvalue weighted by Crippen LogP contribution is -2.46. The number of nitrogens with zero attached hydrogens (tertiary/aromatic N) is 8. The number of benzene rings is 1. The highest BCUT2D eigenvalue weighted by molar-refractivity contribution is 6.02. The molecule has 7 rings (SSSR count). The minimum atomic E-state index is 0.0397. The van der Waals surface area contributed by atoms with E-state index in [0.717, 1.165) is 72.1 Å². The first-order valence-electron chi connectivity index (χ1n) is 14.0. The Morgan fingerprint density at radius 1 is 1.12 bits per heavy atom. The van der Waals surface area contributed by atoms with E-state index in [1.165, 1.54) is 11.1 Å². The van der Waals surface area contributed by atoms with Gasteiger partial charge in [0.05, 0.1) is 31.2 Å². The van der Waals surface area contributed by atoms with Crippen molar-refractivity contribution in [3.63, 3.8) is 0 Å². The van der Waals surface area contributed by atoms with Crippen LogP contribution in [0.25, 0.3) is 22.8 Å². The van der Waals surface area contributed by atoms with Crippen molar-refractivity contribution < 1.29 is 9.53 Å². The molecule has 2 aliphatic heterocycles. The van der Waals surface area contributed by atoms with Gasteiger partial charge in [-0.05, 0) is 50.7 Å². The second kappa shape index (κ2) is 9.69. The number of hydrogen-bond acceptors (Lipinski definition) is 8. The highest BCUT2D eigenvalue weighted by Gasteiger charge is 2.34. The number of ether oxygens (including phenoxy) is 1. The molecule has 40 heavy (non-hydrogen) atoms. The van der Waals surface area contributed by atoms with Gasteiger partial charge in [0.2, 0.25) is 11.8 Å². The molecule has 10 nitrogen and oxygen atoms in total. The zero-order valence-corrected chi connectivity index (χ0v) is 23.1. The Hall–Kier alpha value is -4.34. The second-order valence-corrected chi connectivity index (χ2v) is 10.8. The van der Waals surface area contributed by atoms with E-state index in [-0.39, 0.29) is 12.5 Å². The number of carbonyl (C=O) groups is 1. The number of aromatic nitrogens is 6. The zero-order valence-electron chi connectivity index (χ0n) is 23.1. The summed E-state index contributed by atoms with van der Waals surface area (Å²) in [5, 5.41) is 0. The molecular weight excluding hydrogens is 504 g/mol. The van der Waals surface area contributed by atoms with Crippen LogP contribution in [0.5, 0.6) is 5.88 Å². The fourth-order valence-electron chi connectivity index (χ4n) is 6.02. The van der Waals surface area contributed by atoms with Gasteiger partial charge in [0.1, 0.15) is 23.4 Å². The Bertz CT molecular complexity index is 1630. The van der Waals surface area contributed by atoms with Crippen LogP contribution in [0.4, 0.5) is 11.5 Å². The lowest BCUT2D eigenvalue weighted by molar-refractivity contribution is -0.117. The maximum Gasteiger partial charge on any atom is 0.246 e. The van der Waals surface area contributed by atoms with Crippen molar-refractivity contribution in [2.45, 2.75) is 58.5 Å². The topological polar surface area (TPSA) is 102 Å². The van der Waals surface area contributed by atoms with Gasteiger partial charge in [0.15, 0.2) is 11.6 Å². The molecule has 1 aromatic carbocycles. The number of methoxy groups -OCH3 is 1. The summed E-state index contributed by atoms with van der Waals surface area (Å²) in [6, 6.07) is 6.60. The lowest BCUT2D eigenvalue weighted by atomic mass is 10.00. The molecule has 1 saturated carbocycles. The summed E-state index contributed by atoms with van der Waals surface area (Å²) in [6.45, 7) is 6.35. The summed E-state index contributed by atoms with van der Waals surface area (Å²) in [6.07, 6.45) is 9.66. The van der Waals surface area contributed by atoms with Crippen molar-refractivity contribution in [2.75, 3.05) is 30.0 Å². The fraction of sp³-hybridized carbons (Fsp3) is 0.400. The predicted molar refractivity (Wildman–Crippen MR) is 151 cm³/mol. The summed E-state index contributed by atoms with van der Waals surface area (Å²) < 4.78 is 7.88. The van der Waals surface area contributed by atoms with Crippen LogP contribution in [-0.4, -0.2) is 55.6 Å². The lowest BCUT2D eigenvalue weighted by Gasteiger charge is -2.35. The molecule has 10 heteroatoms. The molecule has 1 aliphatic carbocycles. The maximum absolute atomic E-state index is 13.2. The summed E-state index contributed by atoms with van der Waals surface area (Å²) >= 11 is 0. The molecule has 1 amide bonds. The zero-order chi connectivity index (χ0) is 27.4. The van der Waals surface area contributed by atoms with Crippen LogP contribution in [0.15, 0.2) is 36.9 Å². The Balaban J connectivity index is 1.28. The van der Waals surface area contributed by atoms with E-state index in [9.17, 15) is 4.79 Å². The van der Waals surface area contributed by atoms with Gasteiger partial charge < -0.3 is 19.1 Å². The molecule has 0 spiro atoms. The number of likely N-dealkylation sites (N-methyl/N-ethyl adjacent to an activating group) is 1. The van der Waals surface area contributed by atoms with E-state index < -0.39 is 0 Å². The van der Waals surface area contributed by atoms with Crippen molar-refractivity contribution >= 4 is 17.4 Å².